The molecule has 4 aliphatic carbocycles. The van der Waals surface area contributed by atoms with E-state index < -0.39 is 0 Å². The molecule has 2 saturated carbocycles. The number of hydrogen-bond acceptors (Lipinski definition) is 1. The summed E-state index contributed by atoms with van der Waals surface area (Å²) in [6, 6.07) is 0. The van der Waals surface area contributed by atoms with Gasteiger partial charge in [-0.1, -0.05) is 38.5 Å². The zero-order chi connectivity index (χ0) is 14.0. The molecule has 2 fully saturated rings. The fraction of sp³-hybridized carbons (Fsp3) is 0.632. The molecule has 0 spiro atoms. The van der Waals surface area contributed by atoms with Gasteiger partial charge in [0.2, 0.25) is 0 Å². The van der Waals surface area contributed by atoms with Crippen molar-refractivity contribution in [2.45, 2.75) is 46.0 Å². The van der Waals surface area contributed by atoms with Gasteiger partial charge in [0.05, 0.1) is 0 Å². The molecule has 0 bridgehead atoms. The van der Waals surface area contributed by atoms with Crippen LogP contribution in [0.5, 0.6) is 0 Å². The van der Waals surface area contributed by atoms with Crippen LogP contribution in [0.4, 0.5) is 0 Å². The Labute approximate surface area is 121 Å². The number of ketones is 1. The van der Waals surface area contributed by atoms with Crippen LogP contribution < -0.4 is 0 Å². The molecule has 4 rings (SSSR count). The van der Waals surface area contributed by atoms with Gasteiger partial charge in [0.15, 0.2) is 5.78 Å². The van der Waals surface area contributed by atoms with Crippen molar-refractivity contribution in [1.82, 2.24) is 0 Å². The minimum Gasteiger partial charge on any atom is -0.290 e. The maximum absolute atomic E-state index is 11.7. The van der Waals surface area contributed by atoms with E-state index in [1.54, 1.807) is 6.08 Å². The molecule has 0 radical (unpaired) electrons. The van der Waals surface area contributed by atoms with E-state index in [2.05, 4.69) is 32.1 Å². The summed E-state index contributed by atoms with van der Waals surface area (Å²) in [5.41, 5.74) is 1.92. The normalized spacial score (nSPS) is 49.4. The minimum absolute atomic E-state index is 0.0945. The summed E-state index contributed by atoms with van der Waals surface area (Å²) >= 11 is 0. The number of fused-ring (bicyclic) bond motifs is 5. The van der Waals surface area contributed by atoms with Gasteiger partial charge in [-0.3, -0.25) is 4.79 Å². The molecule has 1 heteroatoms. The highest BCUT2D eigenvalue weighted by Crippen LogP contribution is 2.62. The Bertz CT molecular complexity index is 552. The summed E-state index contributed by atoms with van der Waals surface area (Å²) in [4.78, 5) is 11.7. The quantitative estimate of drug-likeness (QED) is 0.634. The maximum Gasteiger partial charge on any atom is 0.178 e. The van der Waals surface area contributed by atoms with Gasteiger partial charge >= 0.3 is 0 Å². The molecule has 1 nitrogen and oxygen atoms in total. The number of allylic oxidation sites excluding steroid dienone is 6. The monoisotopic (exact) mass is 268 g/mol. The summed E-state index contributed by atoms with van der Waals surface area (Å²) in [6.45, 7) is 4.86. The standard InChI is InChI=1S/C19H24O/c1-18-9-3-4-16(18)15-6-5-13-12-14(20)7-11-19(13,2)17(15)8-10-18/h5-7,11-12,15-17H,3-4,8-10H2,1-2H3/t15-,16-,17-,18-,19-/m0/s1. The summed E-state index contributed by atoms with van der Waals surface area (Å²) in [7, 11) is 0. The molecular weight excluding hydrogens is 244 g/mol. The van der Waals surface area contributed by atoms with Crippen LogP contribution in [0.3, 0.4) is 0 Å². The highest BCUT2D eigenvalue weighted by molar-refractivity contribution is 6.01. The number of rotatable bonds is 0. The summed E-state index contributed by atoms with van der Waals surface area (Å²) < 4.78 is 0. The second-order valence-corrected chi connectivity index (χ2v) is 7.85. The molecule has 0 unspecified atom stereocenters. The minimum atomic E-state index is 0.0945. The Hall–Kier alpha value is -1.11. The fourth-order valence-electron chi connectivity index (χ4n) is 5.64. The van der Waals surface area contributed by atoms with Crippen LogP contribution in [0.1, 0.15) is 46.0 Å². The Morgan fingerprint density at radius 1 is 1.10 bits per heavy atom. The molecule has 0 aromatic carbocycles. The predicted molar refractivity (Wildman–Crippen MR) is 81.1 cm³/mol. The Balaban J connectivity index is 1.78. The van der Waals surface area contributed by atoms with Crippen molar-refractivity contribution in [1.29, 1.82) is 0 Å². The first-order valence-electron chi connectivity index (χ1n) is 8.17. The summed E-state index contributed by atoms with van der Waals surface area (Å²) in [5, 5.41) is 0. The zero-order valence-electron chi connectivity index (χ0n) is 12.6. The molecule has 5 atom stereocenters. The third-order valence-electron chi connectivity index (χ3n) is 6.90. The molecule has 20 heavy (non-hydrogen) atoms. The van der Waals surface area contributed by atoms with Gasteiger partial charge in [-0.15, -0.1) is 0 Å². The van der Waals surface area contributed by atoms with Gasteiger partial charge in [-0.05, 0) is 66.6 Å². The first-order valence-corrected chi connectivity index (χ1v) is 8.17. The third kappa shape index (κ3) is 1.52. The molecule has 0 heterocycles. The smallest absolute Gasteiger partial charge is 0.178 e. The molecule has 0 amide bonds. The van der Waals surface area contributed by atoms with Crippen molar-refractivity contribution in [3.05, 3.63) is 36.0 Å². The van der Waals surface area contributed by atoms with Gasteiger partial charge in [-0.2, -0.15) is 0 Å². The van der Waals surface area contributed by atoms with Crippen LogP contribution in [0.15, 0.2) is 36.0 Å². The lowest BCUT2D eigenvalue weighted by Gasteiger charge is -2.53. The van der Waals surface area contributed by atoms with E-state index in [9.17, 15) is 4.79 Å². The lowest BCUT2D eigenvalue weighted by molar-refractivity contribution is -0.110. The van der Waals surface area contributed by atoms with Crippen molar-refractivity contribution < 1.29 is 4.79 Å². The largest absolute Gasteiger partial charge is 0.290 e. The maximum atomic E-state index is 11.7. The van der Waals surface area contributed by atoms with Crippen LogP contribution in [-0.4, -0.2) is 5.78 Å². The van der Waals surface area contributed by atoms with E-state index in [0.717, 1.165) is 11.8 Å². The average molecular weight is 268 g/mol. The Morgan fingerprint density at radius 2 is 1.95 bits per heavy atom. The second kappa shape index (κ2) is 3.96. The second-order valence-electron chi connectivity index (χ2n) is 7.85. The first-order chi connectivity index (χ1) is 9.53. The van der Waals surface area contributed by atoms with Crippen molar-refractivity contribution in [2.24, 2.45) is 28.6 Å². The topological polar surface area (TPSA) is 17.1 Å². The van der Waals surface area contributed by atoms with Crippen LogP contribution in [0.2, 0.25) is 0 Å². The van der Waals surface area contributed by atoms with Gasteiger partial charge in [0.1, 0.15) is 0 Å². The van der Waals surface area contributed by atoms with Crippen molar-refractivity contribution in [3.8, 4) is 0 Å². The number of hydrogen-bond donors (Lipinski definition) is 0. The highest BCUT2D eigenvalue weighted by Gasteiger charge is 2.54. The van der Waals surface area contributed by atoms with Gasteiger partial charge in [0.25, 0.3) is 0 Å². The summed E-state index contributed by atoms with van der Waals surface area (Å²) in [6.07, 6.45) is 17.5. The highest BCUT2D eigenvalue weighted by atomic mass is 16.1. The van der Waals surface area contributed by atoms with Crippen molar-refractivity contribution >= 4 is 5.78 Å². The van der Waals surface area contributed by atoms with Crippen LogP contribution in [-0.2, 0) is 4.79 Å². The van der Waals surface area contributed by atoms with E-state index in [1.165, 1.54) is 37.7 Å². The van der Waals surface area contributed by atoms with E-state index in [1.807, 2.05) is 6.08 Å². The number of carbonyl (C=O) groups is 1. The van der Waals surface area contributed by atoms with Crippen molar-refractivity contribution in [3.63, 3.8) is 0 Å². The van der Waals surface area contributed by atoms with Crippen molar-refractivity contribution in [2.75, 3.05) is 0 Å². The zero-order valence-corrected chi connectivity index (χ0v) is 12.6. The first kappa shape index (κ1) is 12.6. The average Bonchev–Trinajstić information content (AvgIpc) is 2.81. The molecule has 0 aromatic heterocycles. The number of carbonyl (C=O) groups excluding carboxylic acids is 1. The van der Waals surface area contributed by atoms with Gasteiger partial charge in [-0.25, -0.2) is 0 Å². The predicted octanol–water partition coefficient (Wildman–Crippen LogP) is 4.46. The van der Waals surface area contributed by atoms with Gasteiger partial charge < -0.3 is 0 Å². The molecule has 0 N–H and O–H groups in total. The van der Waals surface area contributed by atoms with E-state index in [-0.39, 0.29) is 11.2 Å². The SMILES string of the molecule is C[C@@]12CCC[C@H]1[C@@H]1C=CC3=CC(=O)C=C[C@]3(C)[C@H]1CC2. The van der Waals surface area contributed by atoms with Gasteiger partial charge in [0, 0.05) is 5.41 Å². The molecule has 4 aliphatic rings. The molecule has 106 valence electrons. The van der Waals surface area contributed by atoms with E-state index in [4.69, 9.17) is 0 Å². The lowest BCUT2D eigenvalue weighted by Crippen LogP contribution is -2.46. The Kier molecular flexibility index (Phi) is 2.50. The third-order valence-corrected chi connectivity index (χ3v) is 6.90. The fourth-order valence-corrected chi connectivity index (χ4v) is 5.64. The van der Waals surface area contributed by atoms with E-state index >= 15 is 0 Å². The molecular formula is C19H24O. The molecule has 0 aliphatic heterocycles. The van der Waals surface area contributed by atoms with Crippen LogP contribution in [0.25, 0.3) is 0 Å². The van der Waals surface area contributed by atoms with Crippen LogP contribution in [0, 0.1) is 28.6 Å². The lowest BCUT2D eigenvalue weighted by atomic mass is 9.50. The van der Waals surface area contributed by atoms with E-state index in [0.29, 0.717) is 11.3 Å². The molecule has 0 saturated heterocycles. The molecule has 0 aromatic rings. The Morgan fingerprint density at radius 3 is 2.80 bits per heavy atom. The summed E-state index contributed by atoms with van der Waals surface area (Å²) in [5.74, 6) is 2.43. The van der Waals surface area contributed by atoms with Crippen LogP contribution >= 0.6 is 0 Å².